The summed E-state index contributed by atoms with van der Waals surface area (Å²) in [7, 11) is 0. The highest BCUT2D eigenvalue weighted by Crippen LogP contribution is 2.29. The van der Waals surface area contributed by atoms with Crippen LogP contribution in [0.3, 0.4) is 0 Å². The molecule has 1 saturated heterocycles. The first-order valence-electron chi connectivity index (χ1n) is 7.48. The quantitative estimate of drug-likeness (QED) is 0.817. The van der Waals surface area contributed by atoms with E-state index >= 15 is 0 Å². The van der Waals surface area contributed by atoms with Gasteiger partial charge in [0, 0.05) is 36.7 Å². The fourth-order valence-electron chi connectivity index (χ4n) is 3.05. The molecule has 1 aromatic carbocycles. The van der Waals surface area contributed by atoms with Crippen LogP contribution in [0.5, 0.6) is 0 Å². The van der Waals surface area contributed by atoms with Crippen molar-refractivity contribution in [1.82, 2.24) is 9.78 Å². The number of benzene rings is 1. The second-order valence-electron chi connectivity index (χ2n) is 5.63. The number of carbonyl (C=O) groups excluding carboxylic acids is 1. The van der Waals surface area contributed by atoms with Crippen molar-refractivity contribution in [3.05, 3.63) is 47.8 Å². The van der Waals surface area contributed by atoms with Crippen LogP contribution in [0.25, 0.3) is 0 Å². The number of anilines is 1. The average Bonchev–Trinajstić information content (AvgIpc) is 3.09. The first kappa shape index (κ1) is 14.3. The van der Waals surface area contributed by atoms with Gasteiger partial charge in [0.25, 0.3) is 0 Å². The molecule has 0 radical (unpaired) electrons. The number of aromatic nitrogens is 2. The van der Waals surface area contributed by atoms with Crippen LogP contribution < -0.4 is 4.90 Å². The average molecular weight is 294 g/mol. The number of ketones is 1. The van der Waals surface area contributed by atoms with Gasteiger partial charge in [0.15, 0.2) is 5.78 Å². The number of hydrogen-bond donors (Lipinski definition) is 0. The Labute approximate surface area is 129 Å². The smallest absolute Gasteiger partial charge is 0.161 e. The van der Waals surface area contributed by atoms with Gasteiger partial charge in [-0.1, -0.05) is 0 Å². The summed E-state index contributed by atoms with van der Waals surface area (Å²) >= 11 is 0. The minimum atomic E-state index is 0.0284. The molecular weight excluding hydrogens is 276 g/mol. The Kier molecular flexibility index (Phi) is 3.92. The maximum atomic E-state index is 11.9. The first-order valence-corrected chi connectivity index (χ1v) is 7.48. The number of nitriles is 1. The summed E-state index contributed by atoms with van der Waals surface area (Å²) in [6.45, 7) is 3.27. The molecule has 0 bridgehead atoms. The zero-order chi connectivity index (χ0) is 15.5. The minimum Gasteiger partial charge on any atom is -0.369 e. The lowest BCUT2D eigenvalue weighted by atomic mass is 10.0. The molecule has 2 aromatic rings. The molecule has 112 valence electrons. The Hall–Kier alpha value is -2.61. The van der Waals surface area contributed by atoms with E-state index in [0.717, 1.165) is 31.6 Å². The lowest BCUT2D eigenvalue weighted by Crippen LogP contribution is -2.37. The van der Waals surface area contributed by atoms with Crippen molar-refractivity contribution >= 4 is 11.5 Å². The number of rotatable bonds is 3. The van der Waals surface area contributed by atoms with Gasteiger partial charge in [-0.15, -0.1) is 0 Å². The third-order valence-electron chi connectivity index (χ3n) is 4.14. The van der Waals surface area contributed by atoms with Crippen molar-refractivity contribution in [2.45, 2.75) is 25.8 Å². The molecule has 0 saturated carbocycles. The van der Waals surface area contributed by atoms with Crippen molar-refractivity contribution in [3.63, 3.8) is 0 Å². The van der Waals surface area contributed by atoms with Crippen LogP contribution in [0.1, 0.15) is 41.7 Å². The molecule has 1 aliphatic heterocycles. The second-order valence-corrected chi connectivity index (χ2v) is 5.63. The normalized spacial score (nSPS) is 18.0. The molecule has 1 aromatic heterocycles. The van der Waals surface area contributed by atoms with E-state index in [1.165, 1.54) is 0 Å². The SMILES string of the molecule is CC(=O)c1ccc(C#N)cc1N1CCCC(n2cccn2)C1. The van der Waals surface area contributed by atoms with E-state index in [1.807, 2.05) is 23.0 Å². The third kappa shape index (κ3) is 2.73. The van der Waals surface area contributed by atoms with Crippen LogP contribution in [0.2, 0.25) is 0 Å². The lowest BCUT2D eigenvalue weighted by molar-refractivity contribution is 0.101. The summed E-state index contributed by atoms with van der Waals surface area (Å²) in [4.78, 5) is 14.1. The molecule has 1 fully saturated rings. The summed E-state index contributed by atoms with van der Waals surface area (Å²) < 4.78 is 1.98. The standard InChI is InChI=1S/C17H18N4O/c1-13(22)16-6-5-14(11-18)10-17(16)20-8-2-4-15(12-20)21-9-3-7-19-21/h3,5-7,9-10,15H,2,4,8,12H2,1H3. The van der Waals surface area contributed by atoms with Gasteiger partial charge in [0.2, 0.25) is 0 Å². The van der Waals surface area contributed by atoms with Crippen LogP contribution in [-0.4, -0.2) is 28.7 Å². The highest BCUT2D eigenvalue weighted by molar-refractivity contribution is 6.00. The zero-order valence-corrected chi connectivity index (χ0v) is 12.6. The van der Waals surface area contributed by atoms with E-state index in [4.69, 9.17) is 5.26 Å². The Morgan fingerprint density at radius 2 is 2.32 bits per heavy atom. The number of nitrogens with zero attached hydrogens (tertiary/aromatic N) is 4. The maximum Gasteiger partial charge on any atom is 0.161 e. The molecule has 0 spiro atoms. The predicted octanol–water partition coefficient (Wildman–Crippen LogP) is 2.80. The van der Waals surface area contributed by atoms with Crippen molar-refractivity contribution in [2.24, 2.45) is 0 Å². The molecule has 2 heterocycles. The Morgan fingerprint density at radius 3 is 3.00 bits per heavy atom. The van der Waals surface area contributed by atoms with Crippen molar-refractivity contribution < 1.29 is 4.79 Å². The Bertz CT molecular complexity index is 715. The molecule has 1 atom stereocenters. The fraction of sp³-hybridized carbons (Fsp3) is 0.353. The molecule has 1 unspecified atom stereocenters. The molecule has 3 rings (SSSR count). The van der Waals surface area contributed by atoms with E-state index in [9.17, 15) is 4.79 Å². The molecule has 0 aliphatic carbocycles. The fourth-order valence-corrected chi connectivity index (χ4v) is 3.05. The van der Waals surface area contributed by atoms with E-state index in [1.54, 1.807) is 25.3 Å². The molecule has 0 amide bonds. The second kappa shape index (κ2) is 6.02. The third-order valence-corrected chi connectivity index (χ3v) is 4.14. The van der Waals surface area contributed by atoms with Crippen LogP contribution in [0, 0.1) is 11.3 Å². The minimum absolute atomic E-state index is 0.0284. The van der Waals surface area contributed by atoms with Crippen LogP contribution >= 0.6 is 0 Å². The largest absolute Gasteiger partial charge is 0.369 e. The van der Waals surface area contributed by atoms with Crippen LogP contribution in [0.4, 0.5) is 5.69 Å². The number of Topliss-reactive ketones (excluding diaryl/α,β-unsaturated/α-hetero) is 1. The number of hydrogen-bond acceptors (Lipinski definition) is 4. The van der Waals surface area contributed by atoms with E-state index < -0.39 is 0 Å². The first-order chi connectivity index (χ1) is 10.7. The Morgan fingerprint density at radius 1 is 1.45 bits per heavy atom. The summed E-state index contributed by atoms with van der Waals surface area (Å²) in [6.07, 6.45) is 5.88. The predicted molar refractivity (Wildman–Crippen MR) is 83.9 cm³/mol. The Balaban J connectivity index is 1.92. The number of piperidine rings is 1. The summed E-state index contributed by atoms with van der Waals surface area (Å²) in [5.74, 6) is 0.0284. The topological polar surface area (TPSA) is 61.9 Å². The molecule has 0 N–H and O–H groups in total. The molecule has 5 heteroatoms. The highest BCUT2D eigenvalue weighted by Gasteiger charge is 2.24. The summed E-state index contributed by atoms with van der Waals surface area (Å²) in [5.41, 5.74) is 2.13. The monoisotopic (exact) mass is 294 g/mol. The van der Waals surface area contributed by atoms with Crippen molar-refractivity contribution in [1.29, 1.82) is 5.26 Å². The van der Waals surface area contributed by atoms with Gasteiger partial charge in [0.1, 0.15) is 0 Å². The van der Waals surface area contributed by atoms with Crippen molar-refractivity contribution in [3.8, 4) is 6.07 Å². The maximum absolute atomic E-state index is 11.9. The molecule has 1 aliphatic rings. The van der Waals surface area contributed by atoms with Gasteiger partial charge in [-0.2, -0.15) is 10.4 Å². The lowest BCUT2D eigenvalue weighted by Gasteiger charge is -2.35. The van der Waals surface area contributed by atoms with E-state index in [-0.39, 0.29) is 5.78 Å². The molecular formula is C17H18N4O. The van der Waals surface area contributed by atoms with Gasteiger partial charge in [-0.25, -0.2) is 0 Å². The molecule has 5 nitrogen and oxygen atoms in total. The van der Waals surface area contributed by atoms with Crippen LogP contribution in [-0.2, 0) is 0 Å². The van der Waals surface area contributed by atoms with Gasteiger partial charge in [0.05, 0.1) is 17.7 Å². The highest BCUT2D eigenvalue weighted by atomic mass is 16.1. The van der Waals surface area contributed by atoms with Gasteiger partial charge in [-0.3, -0.25) is 9.48 Å². The van der Waals surface area contributed by atoms with Gasteiger partial charge in [-0.05, 0) is 44.0 Å². The van der Waals surface area contributed by atoms with Gasteiger partial charge < -0.3 is 4.90 Å². The van der Waals surface area contributed by atoms with E-state index in [2.05, 4.69) is 16.1 Å². The van der Waals surface area contributed by atoms with E-state index in [0.29, 0.717) is 17.2 Å². The van der Waals surface area contributed by atoms with Crippen LogP contribution in [0.15, 0.2) is 36.7 Å². The summed E-state index contributed by atoms with van der Waals surface area (Å²) in [5, 5.41) is 13.5. The molecule has 22 heavy (non-hydrogen) atoms. The van der Waals surface area contributed by atoms with Gasteiger partial charge >= 0.3 is 0 Å². The number of carbonyl (C=O) groups is 1. The zero-order valence-electron chi connectivity index (χ0n) is 12.6. The van der Waals surface area contributed by atoms with Crippen molar-refractivity contribution in [2.75, 3.05) is 18.0 Å². The summed E-state index contributed by atoms with van der Waals surface area (Å²) in [6, 6.07) is 9.67.